The number of nitrogens with zero attached hydrogens (tertiary/aromatic N) is 4. The maximum Gasteiger partial charge on any atom is 0.254 e. The van der Waals surface area contributed by atoms with Gasteiger partial charge in [0.05, 0.1) is 13.2 Å². The summed E-state index contributed by atoms with van der Waals surface area (Å²) in [6.07, 6.45) is 1.69. The number of carbonyl (C=O) groups excluding carboxylic acids is 1. The number of halogens is 2. The summed E-state index contributed by atoms with van der Waals surface area (Å²) in [6.45, 7) is 11.0. The number of hydrogen-bond donors (Lipinski definition) is 1. The zero-order valence-corrected chi connectivity index (χ0v) is 26.5. The monoisotopic (exact) mass is 639 g/mol. The molecule has 0 radical (unpaired) electrons. The van der Waals surface area contributed by atoms with Crippen molar-refractivity contribution in [1.82, 2.24) is 14.8 Å². The van der Waals surface area contributed by atoms with Crippen LogP contribution in [0.4, 0.5) is 20.2 Å². The number of morpholine rings is 1. The summed E-state index contributed by atoms with van der Waals surface area (Å²) in [5, 5.41) is 3.27. The first kappa shape index (κ1) is 32.2. The van der Waals surface area contributed by atoms with Crippen LogP contribution in [0.15, 0.2) is 97.3 Å². The first-order valence-electron chi connectivity index (χ1n) is 15.9. The number of ether oxygens (including phenoxy) is 2. The van der Waals surface area contributed by atoms with Crippen LogP contribution in [0.25, 0.3) is 0 Å². The van der Waals surface area contributed by atoms with Gasteiger partial charge in [-0.25, -0.2) is 13.8 Å². The molecule has 1 N–H and O–H groups in total. The summed E-state index contributed by atoms with van der Waals surface area (Å²) < 4.78 is 39.1. The molecule has 2 aliphatic heterocycles. The van der Waals surface area contributed by atoms with Gasteiger partial charge < -0.3 is 24.6 Å². The molecule has 3 aromatic carbocycles. The van der Waals surface area contributed by atoms with Crippen LogP contribution in [-0.2, 0) is 11.3 Å². The van der Waals surface area contributed by atoms with E-state index in [0.29, 0.717) is 55.0 Å². The normalized spacial score (nSPS) is 15.7. The minimum atomic E-state index is -0.314. The van der Waals surface area contributed by atoms with Gasteiger partial charge in [0, 0.05) is 67.5 Å². The third-order valence-electron chi connectivity index (χ3n) is 8.62. The third kappa shape index (κ3) is 8.14. The Balaban J connectivity index is 1.05. The Labute approximate surface area is 274 Å². The minimum absolute atomic E-state index is 0.00419. The number of pyridine rings is 1. The number of amides is 1. The number of nitrogens with one attached hydrogen (secondary N) is 1. The van der Waals surface area contributed by atoms with Crippen LogP contribution in [0.5, 0.6) is 11.6 Å². The predicted octanol–water partition coefficient (Wildman–Crippen LogP) is 6.99. The lowest BCUT2D eigenvalue weighted by atomic mass is 10.0. The van der Waals surface area contributed by atoms with Gasteiger partial charge in [0.15, 0.2) is 0 Å². The van der Waals surface area contributed by atoms with E-state index in [1.165, 1.54) is 24.3 Å². The predicted molar refractivity (Wildman–Crippen MR) is 179 cm³/mol. The molecule has 2 fully saturated rings. The van der Waals surface area contributed by atoms with Gasteiger partial charge in [0.1, 0.15) is 23.2 Å². The maximum absolute atomic E-state index is 14.3. The van der Waals surface area contributed by atoms with Gasteiger partial charge in [-0.05, 0) is 92.1 Å². The van der Waals surface area contributed by atoms with Crippen LogP contribution >= 0.6 is 0 Å². The highest BCUT2D eigenvalue weighted by Crippen LogP contribution is 2.30. The second-order valence-corrected chi connectivity index (χ2v) is 11.9. The van der Waals surface area contributed by atoms with E-state index in [1.807, 2.05) is 30.0 Å². The van der Waals surface area contributed by atoms with E-state index in [1.54, 1.807) is 47.4 Å². The number of anilines is 2. The summed E-state index contributed by atoms with van der Waals surface area (Å²) in [5.41, 5.74) is 4.06. The molecule has 4 aromatic rings. The molecule has 2 aliphatic rings. The number of aryl methyl sites for hydroxylation is 1. The van der Waals surface area contributed by atoms with Gasteiger partial charge in [-0.2, -0.15) is 0 Å². The van der Waals surface area contributed by atoms with Crippen molar-refractivity contribution in [3.05, 3.63) is 126 Å². The lowest BCUT2D eigenvalue weighted by molar-refractivity contribution is 0.0303. The second kappa shape index (κ2) is 14.7. The fourth-order valence-electron chi connectivity index (χ4n) is 6.08. The smallest absolute Gasteiger partial charge is 0.254 e. The Hall–Kier alpha value is -4.80. The molecule has 2 saturated heterocycles. The first-order chi connectivity index (χ1) is 22.8. The second-order valence-electron chi connectivity index (χ2n) is 11.9. The summed E-state index contributed by atoms with van der Waals surface area (Å²) >= 11 is 0. The Kier molecular flexibility index (Phi) is 10.1. The zero-order chi connectivity index (χ0) is 32.8. The number of aromatic nitrogens is 1. The van der Waals surface area contributed by atoms with E-state index in [-0.39, 0.29) is 23.6 Å². The Morgan fingerprint density at radius 2 is 1.68 bits per heavy atom. The third-order valence-corrected chi connectivity index (χ3v) is 8.62. The number of hydrogen-bond acceptors (Lipinski definition) is 7. The number of likely N-dealkylation sites (tertiary alicyclic amines) is 1. The number of carbonyl (C=O) groups is 1. The number of benzene rings is 3. The molecule has 1 amide bonds. The zero-order valence-electron chi connectivity index (χ0n) is 26.5. The maximum atomic E-state index is 14.3. The van der Waals surface area contributed by atoms with Gasteiger partial charge in [0.25, 0.3) is 5.91 Å². The summed E-state index contributed by atoms with van der Waals surface area (Å²) in [7, 11) is 0. The molecule has 6 rings (SSSR count). The average molecular weight is 640 g/mol. The van der Waals surface area contributed by atoms with Crippen molar-refractivity contribution in [2.45, 2.75) is 32.4 Å². The highest BCUT2D eigenvalue weighted by atomic mass is 19.1. The molecule has 1 aromatic heterocycles. The van der Waals surface area contributed by atoms with Crippen LogP contribution in [0, 0.1) is 18.6 Å². The molecule has 244 valence electrons. The lowest BCUT2D eigenvalue weighted by Crippen LogP contribution is -2.45. The van der Waals surface area contributed by atoms with Gasteiger partial charge in [-0.1, -0.05) is 18.7 Å². The van der Waals surface area contributed by atoms with Crippen molar-refractivity contribution in [1.29, 1.82) is 0 Å². The first-order valence-corrected chi connectivity index (χ1v) is 15.9. The Morgan fingerprint density at radius 3 is 2.36 bits per heavy atom. The summed E-state index contributed by atoms with van der Waals surface area (Å²) in [5.74, 6) is 1.08. The molecule has 0 unspecified atom stereocenters. The SMILES string of the molecule is C=C(Nc1ccc(F)cc1)N(c1cccc(F)c1)C1CCN(Cc2ccc(Oc3ccc(C(=O)N4CCOCC4)cc3)nc2C)CC1. The van der Waals surface area contributed by atoms with Crippen LogP contribution in [0.2, 0.25) is 0 Å². The molecule has 10 heteroatoms. The van der Waals surface area contributed by atoms with Crippen LogP contribution < -0.4 is 15.0 Å². The largest absolute Gasteiger partial charge is 0.439 e. The van der Waals surface area contributed by atoms with E-state index in [2.05, 4.69) is 16.8 Å². The molecule has 47 heavy (non-hydrogen) atoms. The van der Waals surface area contributed by atoms with Gasteiger partial charge in [0.2, 0.25) is 5.88 Å². The summed E-state index contributed by atoms with van der Waals surface area (Å²) in [6, 6.07) is 23.8. The van der Waals surface area contributed by atoms with Gasteiger partial charge in [-0.15, -0.1) is 0 Å². The molecule has 0 spiro atoms. The van der Waals surface area contributed by atoms with E-state index in [0.717, 1.165) is 49.4 Å². The van der Waals surface area contributed by atoms with Crippen LogP contribution in [0.1, 0.15) is 34.5 Å². The molecular weight excluding hydrogens is 600 g/mol. The van der Waals surface area contributed by atoms with E-state index in [4.69, 9.17) is 14.5 Å². The quantitative estimate of drug-likeness (QED) is 0.201. The van der Waals surface area contributed by atoms with Crippen molar-refractivity contribution >= 4 is 17.3 Å². The molecule has 0 saturated carbocycles. The highest BCUT2D eigenvalue weighted by molar-refractivity contribution is 5.94. The molecular formula is C37H39F2N5O3. The lowest BCUT2D eigenvalue weighted by Gasteiger charge is -2.40. The fourth-order valence-corrected chi connectivity index (χ4v) is 6.08. The molecule has 0 aliphatic carbocycles. The number of rotatable bonds is 10. The molecule has 3 heterocycles. The van der Waals surface area contributed by atoms with Crippen molar-refractivity contribution in [3.8, 4) is 11.6 Å². The van der Waals surface area contributed by atoms with Gasteiger partial charge >= 0.3 is 0 Å². The highest BCUT2D eigenvalue weighted by Gasteiger charge is 2.28. The standard InChI is InChI=1S/C37H39F2N5O3/c1-26-29(8-15-36(40-26)47-35-13-6-28(7-14-35)37(45)43-20-22-46-23-21-43)25-42-18-16-33(17-19-42)44(34-5-3-4-31(39)24-34)27(2)41-32-11-9-30(38)10-12-32/h3-15,24,33,41H,2,16-23,25H2,1H3. The van der Waals surface area contributed by atoms with Crippen molar-refractivity contribution in [2.24, 2.45) is 0 Å². The summed E-state index contributed by atoms with van der Waals surface area (Å²) in [4.78, 5) is 23.7. The van der Waals surface area contributed by atoms with Crippen LogP contribution in [-0.4, -0.2) is 66.1 Å². The molecule has 0 bridgehead atoms. The van der Waals surface area contributed by atoms with Crippen molar-refractivity contribution in [2.75, 3.05) is 49.6 Å². The van der Waals surface area contributed by atoms with E-state index >= 15 is 0 Å². The number of piperidine rings is 1. The van der Waals surface area contributed by atoms with E-state index < -0.39 is 0 Å². The molecule has 0 atom stereocenters. The van der Waals surface area contributed by atoms with Crippen LogP contribution in [0.3, 0.4) is 0 Å². The topological polar surface area (TPSA) is 70.2 Å². The molecule has 8 nitrogen and oxygen atoms in total. The van der Waals surface area contributed by atoms with Crippen molar-refractivity contribution in [3.63, 3.8) is 0 Å². The van der Waals surface area contributed by atoms with Crippen molar-refractivity contribution < 1.29 is 23.0 Å². The Bertz CT molecular complexity index is 1690. The van der Waals surface area contributed by atoms with E-state index in [9.17, 15) is 13.6 Å². The van der Waals surface area contributed by atoms with Gasteiger partial charge in [-0.3, -0.25) is 9.69 Å². The fraction of sp³-hybridized carbons (Fsp3) is 0.297. The Morgan fingerprint density at radius 1 is 0.957 bits per heavy atom. The minimum Gasteiger partial charge on any atom is -0.439 e. The average Bonchev–Trinajstić information content (AvgIpc) is 3.08.